The number of thiophene rings is 1. The van der Waals surface area contributed by atoms with Gasteiger partial charge in [0.15, 0.2) is 18.1 Å². The molecule has 0 fully saturated rings. The molecular weight excluding hydrogens is 955 g/mol. The molecule has 3 aromatic carbocycles. The highest BCUT2D eigenvalue weighted by Gasteiger charge is 2.44. The van der Waals surface area contributed by atoms with Crippen LogP contribution in [0.4, 0.5) is 11.4 Å². The number of aromatic nitrogens is 3. The number of amides is 2. The molecule has 2 aliphatic heterocycles. The quantitative estimate of drug-likeness (QED) is 0.0270. The number of carbonyl (C=O) groups excluding carboxylic acids is 4. The molecule has 0 spiro atoms. The van der Waals surface area contributed by atoms with Crippen LogP contribution in [-0.4, -0.2) is 75.1 Å². The van der Waals surface area contributed by atoms with Crippen LogP contribution in [0, 0.1) is 26.7 Å². The van der Waals surface area contributed by atoms with Gasteiger partial charge in [0.25, 0.3) is 5.91 Å². The summed E-state index contributed by atoms with van der Waals surface area (Å²) < 4.78 is 9.57. The number of benzene rings is 3. The van der Waals surface area contributed by atoms with Gasteiger partial charge in [0, 0.05) is 59.4 Å². The normalized spacial score (nSPS) is 16.4. The Hall–Kier alpha value is -6.73. The fraction of sp³-hybridized carbons (Fsp3) is 0.435. The van der Waals surface area contributed by atoms with Gasteiger partial charge in [-0.2, -0.15) is 15.9 Å². The van der Waals surface area contributed by atoms with Crippen molar-refractivity contribution in [3.05, 3.63) is 164 Å². The molecule has 0 saturated heterocycles. The van der Waals surface area contributed by atoms with Crippen LogP contribution in [0.3, 0.4) is 0 Å². The zero-order chi connectivity index (χ0) is 54.1. The summed E-state index contributed by atoms with van der Waals surface area (Å²) in [5, 5.41) is 18.8. The predicted molar refractivity (Wildman–Crippen MR) is 302 cm³/mol. The molecule has 0 radical (unpaired) electrons. The molecule has 75 heavy (non-hydrogen) atoms. The molecule has 2 N–H and O–H groups in total. The molecule has 5 aromatic rings. The third-order valence-electron chi connectivity index (χ3n) is 15.5. The number of aryl methyl sites for hydroxylation is 3. The topological polar surface area (TPSA) is 139 Å². The number of rotatable bonds is 24. The Balaban J connectivity index is 0.917. The highest BCUT2D eigenvalue weighted by molar-refractivity contribution is 7.08. The van der Waals surface area contributed by atoms with Crippen LogP contribution in [0.1, 0.15) is 161 Å². The van der Waals surface area contributed by atoms with Crippen LogP contribution in [0.15, 0.2) is 120 Å². The van der Waals surface area contributed by atoms with E-state index in [9.17, 15) is 19.2 Å². The second-order valence-corrected chi connectivity index (χ2v) is 22.5. The third kappa shape index (κ3) is 12.5. The number of unbranched alkanes of at least 4 members (excludes halogenated alkanes) is 3. The van der Waals surface area contributed by atoms with E-state index in [0.717, 1.165) is 43.5 Å². The summed E-state index contributed by atoms with van der Waals surface area (Å²) in [6.45, 7) is 25.0. The smallest absolute Gasteiger partial charge is 0.339 e. The minimum Gasteiger partial charge on any atom is -0.454 e. The van der Waals surface area contributed by atoms with Gasteiger partial charge in [0.2, 0.25) is 11.6 Å². The molecule has 0 aliphatic carbocycles. The van der Waals surface area contributed by atoms with Gasteiger partial charge in [-0.15, -0.1) is 5.10 Å². The van der Waals surface area contributed by atoms with Crippen LogP contribution < -0.4 is 15.5 Å². The maximum absolute atomic E-state index is 14.0. The van der Waals surface area contributed by atoms with Crippen LogP contribution in [0.2, 0.25) is 0 Å². The summed E-state index contributed by atoms with van der Waals surface area (Å²) >= 11 is 1.44. The number of fused-ring (bicyclic) bond motifs is 2. The summed E-state index contributed by atoms with van der Waals surface area (Å²) in [5.74, 6) is -1.18. The van der Waals surface area contributed by atoms with E-state index in [4.69, 9.17) is 4.74 Å². The van der Waals surface area contributed by atoms with Crippen molar-refractivity contribution in [2.24, 2.45) is 5.92 Å². The predicted octanol–water partition coefficient (Wildman–Crippen LogP) is 12.3. The van der Waals surface area contributed by atoms with E-state index >= 15 is 0 Å². The van der Waals surface area contributed by atoms with Gasteiger partial charge >= 0.3 is 5.97 Å². The first-order valence-corrected chi connectivity index (χ1v) is 27.7. The minimum absolute atomic E-state index is 0.00561. The Morgan fingerprint density at radius 3 is 2.35 bits per heavy atom. The summed E-state index contributed by atoms with van der Waals surface area (Å²) in [5.41, 5.74) is 11.0. The van der Waals surface area contributed by atoms with Crippen molar-refractivity contribution >= 4 is 52.0 Å². The molecule has 0 bridgehead atoms. The monoisotopic (exact) mass is 1030 g/mol. The second-order valence-electron chi connectivity index (χ2n) is 21.8. The Labute approximate surface area is 449 Å². The number of hydrogen-bond acceptors (Lipinski definition) is 9. The van der Waals surface area contributed by atoms with Crippen molar-refractivity contribution in [2.45, 2.75) is 144 Å². The average Bonchev–Trinajstić information content (AvgIpc) is 4.18. The van der Waals surface area contributed by atoms with E-state index in [-0.39, 0.29) is 34.3 Å². The largest absolute Gasteiger partial charge is 0.454 e. The van der Waals surface area contributed by atoms with E-state index in [1.165, 1.54) is 55.5 Å². The van der Waals surface area contributed by atoms with Gasteiger partial charge in [-0.25, -0.2) is 9.48 Å². The first kappa shape index (κ1) is 56.0. The van der Waals surface area contributed by atoms with Crippen LogP contribution >= 0.6 is 11.3 Å². The molecule has 0 unspecified atom stereocenters. The highest BCUT2D eigenvalue weighted by Crippen LogP contribution is 2.48. The number of carbonyl (C=O) groups is 4. The number of ether oxygens (including phenoxy) is 1. The van der Waals surface area contributed by atoms with Gasteiger partial charge in [-0.05, 0) is 133 Å². The fourth-order valence-corrected chi connectivity index (χ4v) is 11.3. The van der Waals surface area contributed by atoms with Crippen LogP contribution in [-0.2, 0) is 30.7 Å². The second kappa shape index (κ2) is 24.3. The molecule has 4 heterocycles. The number of para-hydroxylation sites is 1. The maximum atomic E-state index is 14.0. The van der Waals surface area contributed by atoms with E-state index < -0.39 is 24.2 Å². The van der Waals surface area contributed by atoms with Gasteiger partial charge in [-0.3, -0.25) is 14.4 Å². The van der Waals surface area contributed by atoms with E-state index in [1.54, 1.807) is 17.6 Å². The van der Waals surface area contributed by atoms with Crippen molar-refractivity contribution in [1.29, 1.82) is 0 Å². The van der Waals surface area contributed by atoms with E-state index in [1.807, 2.05) is 58.2 Å². The zero-order valence-electron chi connectivity index (χ0n) is 46.1. The van der Waals surface area contributed by atoms with E-state index in [2.05, 4.69) is 145 Å². The number of esters is 1. The Bertz CT molecular complexity index is 2970. The van der Waals surface area contributed by atoms with Gasteiger partial charge in [-0.1, -0.05) is 106 Å². The Morgan fingerprint density at radius 1 is 0.867 bits per heavy atom. The van der Waals surface area contributed by atoms with Crippen LogP contribution in [0.25, 0.3) is 0 Å². The molecule has 2 aliphatic rings. The first-order chi connectivity index (χ1) is 35.8. The highest BCUT2D eigenvalue weighted by atomic mass is 32.1. The molecule has 12 nitrogen and oxygen atoms in total. The number of hydrogen-bond donors (Lipinski definition) is 2. The number of Topliss-reactive ketones (excluding diaryl/α,β-unsaturated/α-hetero) is 1. The number of nitrogens with one attached hydrogen (secondary N) is 2. The fourth-order valence-electron chi connectivity index (χ4n) is 10.6. The number of ketones is 1. The van der Waals surface area contributed by atoms with Crippen molar-refractivity contribution in [2.75, 3.05) is 31.1 Å². The molecule has 2 aromatic heterocycles. The number of nitrogens with zero attached hydrogens (tertiary/aromatic N) is 5. The number of allylic oxidation sites excluding steroid dienone is 6. The molecular formula is C62H78N7O5S+. The van der Waals surface area contributed by atoms with Crippen molar-refractivity contribution in [1.82, 2.24) is 25.6 Å². The standard InChI is InChI=1S/C62H77N7O5S/c1-12-67-50-33-32-43(4)38-48(50)61(9,10)54(67)29-15-13-16-30-55-60(7,8)47-26-18-19-27-49(47)68(55)36-22-14-17-31-56(71)63-35-21-20-28-51(52(70)40-74-59(73)57-44(5)24-23-25-45(57)6)69-39-53(65-66-69)62(11,42(2)3)64-58(72)46-34-37-75-41-46/h13,15-16,18-19,23-27,29-30,32-34,37-39,41-42,51H,12,14,17,20-22,28,31,35-36,40H2,1-11H3,(H-,63,64,71,72)/p+1/t51-,62-/m0/s1. The minimum atomic E-state index is -0.895. The lowest BCUT2D eigenvalue weighted by Gasteiger charge is -2.32. The molecule has 0 saturated carbocycles. The lowest BCUT2D eigenvalue weighted by molar-refractivity contribution is -0.433. The summed E-state index contributed by atoms with van der Waals surface area (Å²) in [6, 6.07) is 22.0. The Kier molecular flexibility index (Phi) is 18.1. The first-order valence-electron chi connectivity index (χ1n) is 26.8. The molecule has 2 atom stereocenters. The SMILES string of the molecule is CC[N+]1=C(/C=C/C=C/C=C2/N(CCCCCC(=O)NCCCC[C@@H](C(=O)COC(=O)c3c(C)cccc3C)n3cc([C@@](C)(NC(=O)c4ccsc4)C(C)C)nn3)c3ccccc3C2(C)C)C(C)(C)c2cc(C)ccc21. The Morgan fingerprint density at radius 2 is 1.63 bits per heavy atom. The summed E-state index contributed by atoms with van der Waals surface area (Å²) in [6.07, 6.45) is 17.4. The zero-order valence-corrected chi connectivity index (χ0v) is 46.9. The lowest BCUT2D eigenvalue weighted by Crippen LogP contribution is -2.47. The number of anilines is 1. The van der Waals surface area contributed by atoms with Gasteiger partial charge in [0.05, 0.1) is 28.3 Å². The summed E-state index contributed by atoms with van der Waals surface area (Å²) in [7, 11) is 0. The van der Waals surface area contributed by atoms with Crippen LogP contribution in [0.5, 0.6) is 0 Å². The summed E-state index contributed by atoms with van der Waals surface area (Å²) in [4.78, 5) is 56.0. The van der Waals surface area contributed by atoms with Crippen molar-refractivity contribution in [3.63, 3.8) is 0 Å². The third-order valence-corrected chi connectivity index (χ3v) is 16.2. The molecule has 7 rings (SSSR count). The maximum Gasteiger partial charge on any atom is 0.339 e. The molecule has 396 valence electrons. The van der Waals surface area contributed by atoms with E-state index in [0.29, 0.717) is 49.0 Å². The lowest BCUT2D eigenvalue weighted by atomic mass is 9.81. The van der Waals surface area contributed by atoms with Gasteiger partial charge in [0.1, 0.15) is 18.3 Å². The molecule has 13 heteroatoms. The van der Waals surface area contributed by atoms with Gasteiger partial charge < -0.3 is 20.3 Å². The van der Waals surface area contributed by atoms with Crippen molar-refractivity contribution in [3.8, 4) is 0 Å². The molecule has 2 amide bonds. The average molecular weight is 1030 g/mol. The van der Waals surface area contributed by atoms with Crippen molar-refractivity contribution < 1.29 is 28.5 Å².